The average molecular weight is 340 g/mol. The molecule has 2 rings (SSSR count). The average Bonchev–Trinajstić information content (AvgIpc) is 2.63. The van der Waals surface area contributed by atoms with E-state index in [-0.39, 0.29) is 0 Å². The number of nitrogens with two attached hydrogens (primary N) is 1. The summed E-state index contributed by atoms with van der Waals surface area (Å²) in [5, 5.41) is 6.40. The molecule has 0 aromatic heterocycles. The van der Waals surface area contributed by atoms with Crippen molar-refractivity contribution in [2.24, 2.45) is 10.7 Å². The maximum Gasteiger partial charge on any atom is 0.248 e. The largest absolute Gasteiger partial charge is 0.492 e. The van der Waals surface area contributed by atoms with Crippen LogP contribution < -0.4 is 21.1 Å². The van der Waals surface area contributed by atoms with Gasteiger partial charge in [0.25, 0.3) is 0 Å². The monoisotopic (exact) mass is 340 g/mol. The van der Waals surface area contributed by atoms with Gasteiger partial charge in [0.15, 0.2) is 5.96 Å². The van der Waals surface area contributed by atoms with Gasteiger partial charge >= 0.3 is 0 Å². The number of nitrogens with one attached hydrogen (secondary N) is 2. The lowest BCUT2D eigenvalue weighted by Gasteiger charge is -2.13. The summed E-state index contributed by atoms with van der Waals surface area (Å²) in [6, 6.07) is 15.1. The molecular formula is C19H24N4O2. The molecule has 132 valence electrons. The zero-order valence-electron chi connectivity index (χ0n) is 14.6. The van der Waals surface area contributed by atoms with Crippen LogP contribution in [-0.2, 0) is 6.54 Å². The third-order valence-corrected chi connectivity index (χ3v) is 3.61. The molecule has 0 aliphatic rings. The quantitative estimate of drug-likeness (QED) is 0.408. The fraction of sp³-hybridized carbons (Fsp3) is 0.263. The molecule has 0 atom stereocenters. The summed E-state index contributed by atoms with van der Waals surface area (Å²) in [5.74, 6) is 1.11. The van der Waals surface area contributed by atoms with Gasteiger partial charge in [0.2, 0.25) is 5.91 Å². The highest BCUT2D eigenvalue weighted by Gasteiger charge is 2.01. The molecule has 6 nitrogen and oxygen atoms in total. The van der Waals surface area contributed by atoms with Crippen LogP contribution in [0.4, 0.5) is 0 Å². The minimum atomic E-state index is -0.425. The van der Waals surface area contributed by atoms with E-state index in [4.69, 9.17) is 10.5 Å². The van der Waals surface area contributed by atoms with E-state index >= 15 is 0 Å². The second-order valence-electron chi connectivity index (χ2n) is 5.58. The van der Waals surface area contributed by atoms with Crippen LogP contribution >= 0.6 is 0 Å². The lowest BCUT2D eigenvalue weighted by molar-refractivity contribution is 0.100. The number of guanidine groups is 1. The molecular weight excluding hydrogens is 316 g/mol. The fourth-order valence-corrected chi connectivity index (χ4v) is 2.17. The first-order valence-electron chi connectivity index (χ1n) is 8.11. The zero-order chi connectivity index (χ0) is 18.1. The van der Waals surface area contributed by atoms with Crippen LogP contribution in [0.3, 0.4) is 0 Å². The number of hydrogen-bond donors (Lipinski definition) is 3. The van der Waals surface area contributed by atoms with E-state index in [2.05, 4.69) is 15.6 Å². The van der Waals surface area contributed by atoms with E-state index in [1.807, 2.05) is 43.3 Å². The Balaban J connectivity index is 1.71. The highest BCUT2D eigenvalue weighted by molar-refractivity contribution is 5.92. The summed E-state index contributed by atoms with van der Waals surface area (Å²) in [7, 11) is 1.71. The number of nitrogens with zero attached hydrogens (tertiary/aromatic N) is 1. The second-order valence-corrected chi connectivity index (χ2v) is 5.58. The van der Waals surface area contributed by atoms with E-state index in [0.717, 1.165) is 11.3 Å². The molecule has 0 saturated carbocycles. The van der Waals surface area contributed by atoms with Crippen molar-refractivity contribution in [3.63, 3.8) is 0 Å². The highest BCUT2D eigenvalue weighted by atomic mass is 16.5. The Hall–Kier alpha value is -3.02. The van der Waals surface area contributed by atoms with Gasteiger partial charge in [-0.25, -0.2) is 0 Å². The van der Waals surface area contributed by atoms with Gasteiger partial charge in [0.1, 0.15) is 12.4 Å². The number of amides is 1. The topological polar surface area (TPSA) is 88.7 Å². The van der Waals surface area contributed by atoms with Gasteiger partial charge < -0.3 is 21.1 Å². The molecule has 0 fully saturated rings. The number of benzene rings is 2. The van der Waals surface area contributed by atoms with Crippen LogP contribution in [0.1, 0.15) is 21.5 Å². The molecule has 0 heterocycles. The number of primary amides is 1. The van der Waals surface area contributed by atoms with Gasteiger partial charge in [-0.2, -0.15) is 0 Å². The Bertz CT molecular complexity index is 709. The Kier molecular flexibility index (Phi) is 6.83. The van der Waals surface area contributed by atoms with Crippen molar-refractivity contribution in [2.45, 2.75) is 13.5 Å². The van der Waals surface area contributed by atoms with Crippen LogP contribution in [0, 0.1) is 6.92 Å². The van der Waals surface area contributed by atoms with Gasteiger partial charge in [-0.3, -0.25) is 9.79 Å². The summed E-state index contributed by atoms with van der Waals surface area (Å²) in [6.45, 7) is 3.81. The van der Waals surface area contributed by atoms with E-state index in [0.29, 0.717) is 31.2 Å². The minimum Gasteiger partial charge on any atom is -0.492 e. The minimum absolute atomic E-state index is 0.425. The van der Waals surface area contributed by atoms with Gasteiger partial charge in [-0.15, -0.1) is 0 Å². The maximum absolute atomic E-state index is 11.1. The Morgan fingerprint density at radius 1 is 1.08 bits per heavy atom. The molecule has 4 N–H and O–H groups in total. The number of aliphatic imine (C=N–C) groups is 1. The summed E-state index contributed by atoms with van der Waals surface area (Å²) < 4.78 is 5.67. The van der Waals surface area contributed by atoms with Crippen LogP contribution in [0.15, 0.2) is 53.5 Å². The molecule has 2 aromatic carbocycles. The number of rotatable bonds is 7. The summed E-state index contributed by atoms with van der Waals surface area (Å²) in [5.41, 5.74) is 7.97. The molecule has 0 aliphatic carbocycles. The molecule has 0 unspecified atom stereocenters. The first-order valence-corrected chi connectivity index (χ1v) is 8.11. The van der Waals surface area contributed by atoms with E-state index in [1.165, 1.54) is 5.56 Å². The number of hydrogen-bond acceptors (Lipinski definition) is 3. The van der Waals surface area contributed by atoms with E-state index in [1.54, 1.807) is 19.2 Å². The fourth-order valence-electron chi connectivity index (χ4n) is 2.17. The van der Waals surface area contributed by atoms with Crippen LogP contribution in [0.2, 0.25) is 0 Å². The van der Waals surface area contributed by atoms with Crippen molar-refractivity contribution in [3.05, 3.63) is 65.2 Å². The molecule has 2 aromatic rings. The predicted molar refractivity (Wildman–Crippen MR) is 99.8 cm³/mol. The van der Waals surface area contributed by atoms with Crippen LogP contribution in [0.5, 0.6) is 5.75 Å². The van der Waals surface area contributed by atoms with E-state index < -0.39 is 5.91 Å². The molecule has 1 amide bonds. The Morgan fingerprint density at radius 2 is 1.76 bits per heavy atom. The van der Waals surface area contributed by atoms with Gasteiger partial charge in [-0.1, -0.05) is 29.8 Å². The number of carbonyl (C=O) groups is 1. The van der Waals surface area contributed by atoms with Gasteiger partial charge in [-0.05, 0) is 36.8 Å². The summed E-state index contributed by atoms with van der Waals surface area (Å²) >= 11 is 0. The summed E-state index contributed by atoms with van der Waals surface area (Å²) in [4.78, 5) is 15.2. The number of carbonyl (C=O) groups excluding carboxylic acids is 1. The van der Waals surface area contributed by atoms with Gasteiger partial charge in [0, 0.05) is 19.2 Å². The summed E-state index contributed by atoms with van der Waals surface area (Å²) in [6.07, 6.45) is 0. The molecule has 0 bridgehead atoms. The third kappa shape index (κ3) is 6.18. The molecule has 25 heavy (non-hydrogen) atoms. The van der Waals surface area contributed by atoms with Crippen molar-refractivity contribution in [3.8, 4) is 5.75 Å². The highest BCUT2D eigenvalue weighted by Crippen LogP contribution is 2.10. The normalized spacial score (nSPS) is 11.0. The standard InChI is InChI=1S/C19H24N4O2/c1-14-3-9-17(10-4-14)25-12-11-22-19(21-2)23-13-15-5-7-16(8-6-15)18(20)24/h3-10H,11-13H2,1-2H3,(H2,20,24)(H2,21,22,23). The van der Waals surface area contributed by atoms with Crippen molar-refractivity contribution in [2.75, 3.05) is 20.2 Å². The van der Waals surface area contributed by atoms with Crippen molar-refractivity contribution < 1.29 is 9.53 Å². The molecule has 0 saturated heterocycles. The SMILES string of the molecule is CN=C(NCCOc1ccc(C)cc1)NCc1ccc(C(N)=O)cc1. The lowest BCUT2D eigenvalue weighted by Crippen LogP contribution is -2.38. The van der Waals surface area contributed by atoms with Crippen LogP contribution in [0.25, 0.3) is 0 Å². The van der Waals surface area contributed by atoms with Crippen molar-refractivity contribution in [1.29, 1.82) is 0 Å². The zero-order valence-corrected chi connectivity index (χ0v) is 14.6. The second kappa shape index (κ2) is 9.32. The number of ether oxygens (including phenoxy) is 1. The molecule has 0 radical (unpaired) electrons. The number of aryl methyl sites for hydroxylation is 1. The van der Waals surface area contributed by atoms with Gasteiger partial charge in [0.05, 0.1) is 6.54 Å². The molecule has 0 spiro atoms. The predicted octanol–water partition coefficient (Wildman–Crippen LogP) is 1.84. The smallest absolute Gasteiger partial charge is 0.248 e. The van der Waals surface area contributed by atoms with Crippen LogP contribution in [-0.4, -0.2) is 32.1 Å². The third-order valence-electron chi connectivity index (χ3n) is 3.61. The first-order chi connectivity index (χ1) is 12.1. The maximum atomic E-state index is 11.1. The molecule has 6 heteroatoms. The Labute approximate surface area is 148 Å². The Morgan fingerprint density at radius 3 is 2.36 bits per heavy atom. The van der Waals surface area contributed by atoms with Crippen molar-refractivity contribution in [1.82, 2.24) is 10.6 Å². The molecule has 0 aliphatic heterocycles. The lowest BCUT2D eigenvalue weighted by atomic mass is 10.1. The van der Waals surface area contributed by atoms with E-state index in [9.17, 15) is 4.79 Å². The first kappa shape index (κ1) is 18.3. The van der Waals surface area contributed by atoms with Crippen molar-refractivity contribution >= 4 is 11.9 Å².